The van der Waals surface area contributed by atoms with Crippen LogP contribution in [0, 0.1) is 0 Å². The Bertz CT molecular complexity index is 587. The zero-order chi connectivity index (χ0) is 17.6. The van der Waals surface area contributed by atoms with E-state index >= 15 is 0 Å². The minimum atomic E-state index is -0.358. The fourth-order valence-electron chi connectivity index (χ4n) is 3.49. The quantitative estimate of drug-likeness (QED) is 0.793. The van der Waals surface area contributed by atoms with Gasteiger partial charge in [-0.1, -0.05) is 30.3 Å². The van der Waals surface area contributed by atoms with Crippen molar-refractivity contribution < 1.29 is 14.3 Å². The molecule has 1 heterocycles. The molecule has 2 fully saturated rings. The summed E-state index contributed by atoms with van der Waals surface area (Å²) in [6, 6.07) is 10.5. The Kier molecular flexibility index (Phi) is 5.91. The van der Waals surface area contributed by atoms with E-state index in [1.165, 1.54) is 0 Å². The van der Waals surface area contributed by atoms with Crippen LogP contribution in [-0.2, 0) is 16.1 Å². The Balaban J connectivity index is 1.28. The summed E-state index contributed by atoms with van der Waals surface area (Å²) in [6.45, 7) is 4.06. The first-order valence-electron chi connectivity index (χ1n) is 9.11. The first-order chi connectivity index (χ1) is 12.1. The van der Waals surface area contributed by atoms with Gasteiger partial charge in [0.1, 0.15) is 6.61 Å². The van der Waals surface area contributed by atoms with Gasteiger partial charge in [0.05, 0.1) is 0 Å². The predicted octanol–water partition coefficient (Wildman–Crippen LogP) is 2.04. The number of carbonyl (C=O) groups is 2. The molecule has 1 aliphatic heterocycles. The molecule has 1 saturated heterocycles. The number of ether oxygens (including phenoxy) is 1. The van der Waals surface area contributed by atoms with Gasteiger partial charge >= 0.3 is 6.09 Å². The van der Waals surface area contributed by atoms with Gasteiger partial charge in [0.25, 0.3) is 0 Å². The molecule has 0 radical (unpaired) electrons. The van der Waals surface area contributed by atoms with Gasteiger partial charge in [0, 0.05) is 37.6 Å². The van der Waals surface area contributed by atoms with Crippen molar-refractivity contribution >= 4 is 12.0 Å². The average Bonchev–Trinajstić information content (AvgIpc) is 2.97. The molecule has 2 N–H and O–H groups in total. The molecule has 1 unspecified atom stereocenters. The first kappa shape index (κ1) is 17.7. The van der Waals surface area contributed by atoms with E-state index < -0.39 is 0 Å². The lowest BCUT2D eigenvalue weighted by molar-refractivity contribution is -0.128. The minimum absolute atomic E-state index is 0.168. The van der Waals surface area contributed by atoms with Crippen LogP contribution < -0.4 is 10.6 Å². The maximum Gasteiger partial charge on any atom is 0.407 e. The summed E-state index contributed by atoms with van der Waals surface area (Å²) in [6.07, 6.45) is 3.11. The van der Waals surface area contributed by atoms with Gasteiger partial charge in [-0.15, -0.1) is 0 Å². The summed E-state index contributed by atoms with van der Waals surface area (Å²) in [5.74, 6) is 0.267. The molecule has 1 aromatic rings. The van der Waals surface area contributed by atoms with E-state index in [2.05, 4.69) is 17.6 Å². The molecular formula is C19H27N3O3. The van der Waals surface area contributed by atoms with Crippen molar-refractivity contribution in [2.45, 2.75) is 57.3 Å². The SMILES string of the molecule is CC(CN1CCCC1=O)NC1CC(NC(=O)OCc2ccccc2)C1. The topological polar surface area (TPSA) is 70.7 Å². The molecule has 1 aliphatic carbocycles. The van der Waals surface area contributed by atoms with Crippen molar-refractivity contribution in [1.29, 1.82) is 0 Å². The Hall–Kier alpha value is -2.08. The minimum Gasteiger partial charge on any atom is -0.445 e. The number of carbonyl (C=O) groups excluding carboxylic acids is 2. The van der Waals surface area contributed by atoms with E-state index in [-0.39, 0.29) is 24.1 Å². The van der Waals surface area contributed by atoms with Crippen molar-refractivity contribution in [3.05, 3.63) is 35.9 Å². The van der Waals surface area contributed by atoms with Gasteiger partial charge in [0.15, 0.2) is 0 Å². The number of alkyl carbamates (subject to hydrolysis) is 1. The third-order valence-corrected chi connectivity index (χ3v) is 4.86. The van der Waals surface area contributed by atoms with Crippen LogP contribution in [0.5, 0.6) is 0 Å². The zero-order valence-corrected chi connectivity index (χ0v) is 14.7. The van der Waals surface area contributed by atoms with Crippen molar-refractivity contribution in [2.24, 2.45) is 0 Å². The molecule has 6 nitrogen and oxygen atoms in total. The number of nitrogens with one attached hydrogen (secondary N) is 2. The monoisotopic (exact) mass is 345 g/mol. The van der Waals surface area contributed by atoms with Gasteiger partial charge in [-0.05, 0) is 31.7 Å². The normalized spacial score (nSPS) is 23.9. The lowest BCUT2D eigenvalue weighted by atomic mass is 9.86. The Morgan fingerprint density at radius 1 is 1.28 bits per heavy atom. The van der Waals surface area contributed by atoms with Crippen LogP contribution in [0.1, 0.15) is 38.2 Å². The molecule has 2 amide bonds. The van der Waals surface area contributed by atoms with Crippen LogP contribution in [0.15, 0.2) is 30.3 Å². The number of nitrogens with zero attached hydrogens (tertiary/aromatic N) is 1. The second-order valence-electron chi connectivity index (χ2n) is 7.08. The highest BCUT2D eigenvalue weighted by molar-refractivity contribution is 5.78. The molecule has 1 aromatic carbocycles. The largest absolute Gasteiger partial charge is 0.445 e. The van der Waals surface area contributed by atoms with E-state index in [0.29, 0.717) is 19.1 Å². The molecule has 0 aromatic heterocycles. The predicted molar refractivity (Wildman–Crippen MR) is 95.0 cm³/mol. The van der Waals surface area contributed by atoms with Crippen molar-refractivity contribution in [3.8, 4) is 0 Å². The summed E-state index contributed by atoms with van der Waals surface area (Å²) in [5, 5.41) is 6.44. The number of rotatable bonds is 7. The second kappa shape index (κ2) is 8.34. The molecule has 3 rings (SSSR count). The summed E-state index contributed by atoms with van der Waals surface area (Å²) in [7, 11) is 0. The molecule has 0 spiro atoms. The summed E-state index contributed by atoms with van der Waals surface area (Å²) in [4.78, 5) is 25.4. The molecule has 2 aliphatic rings. The first-order valence-corrected chi connectivity index (χ1v) is 9.11. The van der Waals surface area contributed by atoms with Gasteiger partial charge in [0.2, 0.25) is 5.91 Å². The molecule has 1 saturated carbocycles. The molecule has 6 heteroatoms. The van der Waals surface area contributed by atoms with Gasteiger partial charge in [-0.25, -0.2) is 4.79 Å². The fourth-order valence-corrected chi connectivity index (χ4v) is 3.49. The highest BCUT2D eigenvalue weighted by Gasteiger charge is 2.32. The van der Waals surface area contributed by atoms with E-state index in [1.54, 1.807) is 0 Å². The summed E-state index contributed by atoms with van der Waals surface area (Å²) in [5.41, 5.74) is 0.982. The lowest BCUT2D eigenvalue weighted by Crippen LogP contribution is -2.55. The third kappa shape index (κ3) is 5.19. The van der Waals surface area contributed by atoms with E-state index in [1.807, 2.05) is 35.2 Å². The van der Waals surface area contributed by atoms with Crippen LogP contribution in [0.3, 0.4) is 0 Å². The second-order valence-corrected chi connectivity index (χ2v) is 7.08. The number of hydrogen-bond donors (Lipinski definition) is 2. The van der Waals surface area contributed by atoms with Crippen LogP contribution >= 0.6 is 0 Å². The smallest absolute Gasteiger partial charge is 0.407 e. The molecule has 1 atom stereocenters. The van der Waals surface area contributed by atoms with Crippen molar-refractivity contribution in [3.63, 3.8) is 0 Å². The highest BCUT2D eigenvalue weighted by Crippen LogP contribution is 2.21. The van der Waals surface area contributed by atoms with Gasteiger partial charge in [-0.2, -0.15) is 0 Å². The van der Waals surface area contributed by atoms with Crippen molar-refractivity contribution in [2.75, 3.05) is 13.1 Å². The zero-order valence-electron chi connectivity index (χ0n) is 14.7. The van der Waals surface area contributed by atoms with Crippen LogP contribution in [0.25, 0.3) is 0 Å². The fraction of sp³-hybridized carbons (Fsp3) is 0.579. The number of hydrogen-bond acceptors (Lipinski definition) is 4. The lowest BCUT2D eigenvalue weighted by Gasteiger charge is -2.38. The summed E-state index contributed by atoms with van der Waals surface area (Å²) < 4.78 is 5.24. The Morgan fingerprint density at radius 2 is 2.04 bits per heavy atom. The van der Waals surface area contributed by atoms with Crippen molar-refractivity contribution in [1.82, 2.24) is 15.5 Å². The Morgan fingerprint density at radius 3 is 2.72 bits per heavy atom. The van der Waals surface area contributed by atoms with E-state index in [9.17, 15) is 9.59 Å². The molecular weight excluding hydrogens is 318 g/mol. The highest BCUT2D eigenvalue weighted by atomic mass is 16.5. The molecule has 136 valence electrons. The Labute approximate surface area is 148 Å². The molecule has 25 heavy (non-hydrogen) atoms. The van der Waals surface area contributed by atoms with Crippen LogP contribution in [0.4, 0.5) is 4.79 Å². The molecule has 0 bridgehead atoms. The van der Waals surface area contributed by atoms with Gasteiger partial charge < -0.3 is 20.3 Å². The van der Waals surface area contributed by atoms with E-state index in [0.717, 1.165) is 37.9 Å². The van der Waals surface area contributed by atoms with Gasteiger partial charge in [-0.3, -0.25) is 4.79 Å². The summed E-state index contributed by atoms with van der Waals surface area (Å²) >= 11 is 0. The van der Waals surface area contributed by atoms with Crippen LogP contribution in [0.2, 0.25) is 0 Å². The van der Waals surface area contributed by atoms with E-state index in [4.69, 9.17) is 4.74 Å². The average molecular weight is 345 g/mol. The number of amides is 2. The standard InChI is InChI=1S/C19H27N3O3/c1-14(12-22-9-5-8-18(22)23)20-16-10-17(11-16)21-19(24)25-13-15-6-3-2-4-7-15/h2-4,6-7,14,16-17,20H,5,8-13H2,1H3,(H,21,24). The third-order valence-electron chi connectivity index (χ3n) is 4.86. The number of benzene rings is 1. The number of likely N-dealkylation sites (tertiary alicyclic amines) is 1. The van der Waals surface area contributed by atoms with Crippen LogP contribution in [-0.4, -0.2) is 48.1 Å². The maximum atomic E-state index is 11.8. The maximum absolute atomic E-state index is 11.8.